The Morgan fingerprint density at radius 1 is 1.20 bits per heavy atom. The lowest BCUT2D eigenvalue weighted by Crippen LogP contribution is -2.41. The topological polar surface area (TPSA) is 96.7 Å². The molecule has 1 fully saturated rings. The highest BCUT2D eigenvalue weighted by Gasteiger charge is 2.11. The number of nitrogens with two attached hydrogens (primary N) is 1. The Hall–Kier alpha value is -1.38. The molecule has 1 saturated heterocycles. The van der Waals surface area contributed by atoms with Gasteiger partial charge in [-0.25, -0.2) is 0 Å². The van der Waals surface area contributed by atoms with Gasteiger partial charge in [-0.15, -0.1) is 24.8 Å². The first-order chi connectivity index (χ1) is 11.1. The second-order valence-electron chi connectivity index (χ2n) is 5.57. The summed E-state index contributed by atoms with van der Waals surface area (Å²) in [6.07, 6.45) is 0. The smallest absolute Gasteiger partial charge is 0.251 e. The molecule has 1 aromatic carbocycles. The lowest BCUT2D eigenvalue weighted by atomic mass is 10.2. The summed E-state index contributed by atoms with van der Waals surface area (Å²) in [5.41, 5.74) is 6.67. The molecule has 0 aliphatic carbocycles. The fourth-order valence-corrected chi connectivity index (χ4v) is 2.22. The van der Waals surface area contributed by atoms with Crippen molar-refractivity contribution in [3.8, 4) is 0 Å². The molecule has 0 saturated carbocycles. The number of nitrogens with zero attached hydrogens (tertiary/aromatic N) is 1. The summed E-state index contributed by atoms with van der Waals surface area (Å²) in [6.45, 7) is 6.35. The zero-order valence-corrected chi connectivity index (χ0v) is 15.8. The van der Waals surface area contributed by atoms with Gasteiger partial charge in [-0.05, 0) is 31.2 Å². The zero-order valence-electron chi connectivity index (χ0n) is 14.2. The molecule has 0 spiro atoms. The summed E-state index contributed by atoms with van der Waals surface area (Å²) in [5.74, 6) is -0.379. The third-order valence-electron chi connectivity index (χ3n) is 3.65. The summed E-state index contributed by atoms with van der Waals surface area (Å²) >= 11 is 0. The van der Waals surface area contributed by atoms with Gasteiger partial charge in [0, 0.05) is 37.4 Å². The average molecular weight is 393 g/mol. The zero-order chi connectivity index (χ0) is 16.7. The monoisotopic (exact) mass is 392 g/mol. The number of rotatable bonds is 6. The molecule has 1 aliphatic heterocycles. The van der Waals surface area contributed by atoms with Crippen LogP contribution in [0.4, 0.5) is 5.69 Å². The van der Waals surface area contributed by atoms with Gasteiger partial charge in [0.2, 0.25) is 5.91 Å². The molecule has 2 amide bonds. The van der Waals surface area contributed by atoms with E-state index in [1.807, 2.05) is 0 Å². The molecule has 9 heteroatoms. The average Bonchev–Trinajstić information content (AvgIpc) is 2.56. The van der Waals surface area contributed by atoms with E-state index in [9.17, 15) is 9.59 Å². The molecule has 1 aliphatic rings. The molecule has 25 heavy (non-hydrogen) atoms. The van der Waals surface area contributed by atoms with Gasteiger partial charge in [0.1, 0.15) is 0 Å². The second kappa shape index (κ2) is 12.1. The summed E-state index contributed by atoms with van der Waals surface area (Å²) in [4.78, 5) is 25.8. The Bertz CT molecular complexity index is 535. The molecule has 0 bridgehead atoms. The minimum Gasteiger partial charge on any atom is -0.379 e. The number of benzene rings is 1. The third-order valence-corrected chi connectivity index (χ3v) is 3.65. The number of carbonyl (C=O) groups is 2. The fourth-order valence-electron chi connectivity index (χ4n) is 2.22. The van der Waals surface area contributed by atoms with Crippen molar-refractivity contribution in [2.45, 2.75) is 13.0 Å². The van der Waals surface area contributed by atoms with E-state index in [-0.39, 0.29) is 36.6 Å². The highest BCUT2D eigenvalue weighted by molar-refractivity contribution is 5.96. The summed E-state index contributed by atoms with van der Waals surface area (Å²) in [5, 5.41) is 5.58. The standard InChI is InChI=1S/C16H24N4O3.2ClH/c1-12(17)15(21)19-14-4-2-13(3-5-14)16(22)18-6-7-20-8-10-23-11-9-20;;/h2-5,12H,6-11,17H2,1H3,(H,18,22)(H,19,21);2*1H. The van der Waals surface area contributed by atoms with E-state index >= 15 is 0 Å². The van der Waals surface area contributed by atoms with Gasteiger partial charge in [-0.1, -0.05) is 0 Å². The highest BCUT2D eigenvalue weighted by atomic mass is 35.5. The van der Waals surface area contributed by atoms with Crippen molar-refractivity contribution in [2.24, 2.45) is 5.73 Å². The number of halogens is 2. The van der Waals surface area contributed by atoms with Crippen LogP contribution in [0.3, 0.4) is 0 Å². The van der Waals surface area contributed by atoms with Crippen LogP contribution in [0, 0.1) is 0 Å². The number of morpholine rings is 1. The SMILES string of the molecule is CC(N)C(=O)Nc1ccc(C(=O)NCCN2CCOCC2)cc1.Cl.Cl. The molecular weight excluding hydrogens is 367 g/mol. The Morgan fingerprint density at radius 3 is 2.36 bits per heavy atom. The van der Waals surface area contributed by atoms with Crippen molar-refractivity contribution in [1.82, 2.24) is 10.2 Å². The lowest BCUT2D eigenvalue weighted by molar-refractivity contribution is -0.117. The van der Waals surface area contributed by atoms with Gasteiger partial charge in [0.15, 0.2) is 0 Å². The van der Waals surface area contributed by atoms with Crippen LogP contribution in [-0.2, 0) is 9.53 Å². The van der Waals surface area contributed by atoms with Crippen molar-refractivity contribution in [3.05, 3.63) is 29.8 Å². The maximum atomic E-state index is 12.1. The number of hydrogen-bond acceptors (Lipinski definition) is 5. The molecular formula is C16H26Cl2N4O3. The number of ether oxygens (including phenoxy) is 1. The van der Waals surface area contributed by atoms with Crippen LogP contribution in [0.2, 0.25) is 0 Å². The second-order valence-corrected chi connectivity index (χ2v) is 5.57. The van der Waals surface area contributed by atoms with E-state index in [0.717, 1.165) is 32.8 Å². The van der Waals surface area contributed by atoms with Gasteiger partial charge < -0.3 is 21.1 Å². The molecule has 0 radical (unpaired) electrons. The van der Waals surface area contributed by atoms with E-state index in [0.29, 0.717) is 17.8 Å². The minimum atomic E-state index is -0.571. The number of anilines is 1. The van der Waals surface area contributed by atoms with Crippen LogP contribution < -0.4 is 16.4 Å². The maximum absolute atomic E-state index is 12.1. The Labute approximate surface area is 160 Å². The van der Waals surface area contributed by atoms with Crippen LogP contribution in [0.5, 0.6) is 0 Å². The van der Waals surface area contributed by atoms with Crippen molar-refractivity contribution < 1.29 is 14.3 Å². The van der Waals surface area contributed by atoms with Gasteiger partial charge in [-0.2, -0.15) is 0 Å². The highest BCUT2D eigenvalue weighted by Crippen LogP contribution is 2.09. The largest absolute Gasteiger partial charge is 0.379 e. The Balaban J connectivity index is 0.00000288. The predicted molar refractivity (Wildman–Crippen MR) is 103 cm³/mol. The summed E-state index contributed by atoms with van der Waals surface area (Å²) in [6, 6.07) is 6.17. The fraction of sp³-hybridized carbons (Fsp3) is 0.500. The van der Waals surface area contributed by atoms with Gasteiger partial charge in [0.25, 0.3) is 5.91 Å². The first-order valence-corrected chi connectivity index (χ1v) is 7.81. The first-order valence-electron chi connectivity index (χ1n) is 7.81. The van der Waals surface area contributed by atoms with Crippen LogP contribution in [0.15, 0.2) is 24.3 Å². The minimum absolute atomic E-state index is 0. The molecule has 1 atom stereocenters. The van der Waals surface area contributed by atoms with E-state index in [2.05, 4.69) is 15.5 Å². The first kappa shape index (κ1) is 23.6. The Kier molecular flexibility index (Phi) is 11.4. The molecule has 142 valence electrons. The molecule has 7 nitrogen and oxygen atoms in total. The number of nitrogens with one attached hydrogen (secondary N) is 2. The molecule has 1 aromatic rings. The predicted octanol–water partition coefficient (Wildman–Crippen LogP) is 0.878. The molecule has 0 aromatic heterocycles. The third kappa shape index (κ3) is 8.02. The van der Waals surface area contributed by atoms with Gasteiger partial charge in [0.05, 0.1) is 19.3 Å². The van der Waals surface area contributed by atoms with E-state index in [1.165, 1.54) is 0 Å². The lowest BCUT2D eigenvalue weighted by Gasteiger charge is -2.26. The van der Waals surface area contributed by atoms with Crippen molar-refractivity contribution >= 4 is 42.3 Å². The molecule has 1 unspecified atom stereocenters. The number of amides is 2. The summed E-state index contributed by atoms with van der Waals surface area (Å²) < 4.78 is 5.28. The van der Waals surface area contributed by atoms with Crippen LogP contribution in [0.1, 0.15) is 17.3 Å². The van der Waals surface area contributed by atoms with E-state index in [4.69, 9.17) is 10.5 Å². The summed E-state index contributed by atoms with van der Waals surface area (Å²) in [7, 11) is 0. The van der Waals surface area contributed by atoms with Gasteiger partial charge >= 0.3 is 0 Å². The van der Waals surface area contributed by atoms with E-state index < -0.39 is 6.04 Å². The van der Waals surface area contributed by atoms with Crippen LogP contribution >= 0.6 is 24.8 Å². The molecule has 1 heterocycles. The quantitative estimate of drug-likeness (QED) is 0.667. The van der Waals surface area contributed by atoms with Crippen molar-refractivity contribution in [1.29, 1.82) is 0 Å². The van der Waals surface area contributed by atoms with Crippen LogP contribution in [-0.4, -0.2) is 62.1 Å². The van der Waals surface area contributed by atoms with Crippen LogP contribution in [0.25, 0.3) is 0 Å². The number of hydrogen-bond donors (Lipinski definition) is 3. The number of carbonyl (C=O) groups excluding carboxylic acids is 2. The maximum Gasteiger partial charge on any atom is 0.251 e. The molecule has 4 N–H and O–H groups in total. The molecule has 2 rings (SSSR count). The van der Waals surface area contributed by atoms with Gasteiger partial charge in [-0.3, -0.25) is 14.5 Å². The van der Waals surface area contributed by atoms with Crippen molar-refractivity contribution in [3.63, 3.8) is 0 Å². The normalized spacial score (nSPS) is 15.3. The Morgan fingerprint density at radius 2 is 1.80 bits per heavy atom. The van der Waals surface area contributed by atoms with E-state index in [1.54, 1.807) is 31.2 Å². The van der Waals surface area contributed by atoms with Crippen molar-refractivity contribution in [2.75, 3.05) is 44.7 Å².